The van der Waals surface area contributed by atoms with Crippen LogP contribution >= 0.6 is 0 Å². The minimum atomic E-state index is -0.590. The number of H-pyrrole nitrogens is 2. The van der Waals surface area contributed by atoms with Crippen LogP contribution in [0, 0.1) is 0 Å². The molecule has 49 heavy (non-hydrogen) atoms. The molecular weight excluding hydrogens is 628 g/mol. The molecule has 3 heterocycles. The molecule has 0 radical (unpaired) electrons. The minimum Gasteiger partial charge on any atom is -0.444 e. The number of rotatable bonds is 5. The fourth-order valence-corrected chi connectivity index (χ4v) is 4.86. The van der Waals surface area contributed by atoms with Crippen molar-refractivity contribution in [3.05, 3.63) is 95.9 Å². The summed E-state index contributed by atoms with van der Waals surface area (Å²) in [7, 11) is 0. The number of nitrogens with zero attached hydrogens (tertiary/aromatic N) is 4. The SMILES string of the molecule is CC(C)(C)OC(=O)Nc1ccc(Oc2ncnc(N)c2N)c2ccccc12.Nc1ccc(Oc2ncnc3[nH]c(=O)[nH]c23)c2ccccc12. The van der Waals surface area contributed by atoms with Crippen molar-refractivity contribution in [2.75, 3.05) is 22.5 Å². The van der Waals surface area contributed by atoms with Gasteiger partial charge in [-0.15, -0.1) is 0 Å². The van der Waals surface area contributed by atoms with Gasteiger partial charge in [-0.25, -0.2) is 19.6 Å². The van der Waals surface area contributed by atoms with E-state index in [9.17, 15) is 9.59 Å². The average molecular weight is 661 g/mol. The van der Waals surface area contributed by atoms with Crippen molar-refractivity contribution in [3.8, 4) is 23.3 Å². The van der Waals surface area contributed by atoms with Gasteiger partial charge in [0.25, 0.3) is 0 Å². The lowest BCUT2D eigenvalue weighted by atomic mass is 10.1. The predicted octanol–water partition coefficient (Wildman–Crippen LogP) is 6.11. The van der Waals surface area contributed by atoms with Gasteiger partial charge >= 0.3 is 11.8 Å². The summed E-state index contributed by atoms with van der Waals surface area (Å²) in [5.74, 6) is 1.71. The minimum absolute atomic E-state index is 0.146. The maximum atomic E-state index is 12.1. The number of imidazole rings is 1. The Morgan fingerprint density at radius 2 is 1.31 bits per heavy atom. The number of nitrogen functional groups attached to an aromatic ring is 3. The van der Waals surface area contributed by atoms with Crippen LogP contribution in [-0.2, 0) is 4.74 Å². The molecule has 0 spiro atoms. The number of aromatic amines is 2. The first-order valence-electron chi connectivity index (χ1n) is 14.9. The van der Waals surface area contributed by atoms with Gasteiger partial charge in [-0.05, 0) is 45.0 Å². The third-order valence-electron chi connectivity index (χ3n) is 7.01. The Kier molecular flexibility index (Phi) is 8.55. The first-order valence-corrected chi connectivity index (χ1v) is 14.9. The molecule has 0 aliphatic carbocycles. The number of amides is 1. The highest BCUT2D eigenvalue weighted by Gasteiger charge is 2.18. The summed E-state index contributed by atoms with van der Waals surface area (Å²) in [6.07, 6.45) is 2.08. The molecule has 0 bridgehead atoms. The largest absolute Gasteiger partial charge is 0.444 e. The first kappa shape index (κ1) is 32.1. The van der Waals surface area contributed by atoms with Gasteiger partial charge in [0.15, 0.2) is 11.5 Å². The number of carbonyl (C=O) groups is 1. The molecule has 248 valence electrons. The van der Waals surface area contributed by atoms with Crippen molar-refractivity contribution in [1.29, 1.82) is 0 Å². The summed E-state index contributed by atoms with van der Waals surface area (Å²) in [5.41, 5.74) is 18.9. The van der Waals surface area contributed by atoms with E-state index < -0.39 is 11.7 Å². The van der Waals surface area contributed by atoms with Crippen LogP contribution in [-0.4, -0.2) is 41.6 Å². The van der Waals surface area contributed by atoms with E-state index in [1.54, 1.807) is 45.0 Å². The summed E-state index contributed by atoms with van der Waals surface area (Å²) >= 11 is 0. The number of hydrogen-bond acceptors (Lipinski definition) is 12. The van der Waals surface area contributed by atoms with E-state index in [-0.39, 0.29) is 29.0 Å². The fourth-order valence-electron chi connectivity index (χ4n) is 4.86. The van der Waals surface area contributed by atoms with Crippen molar-refractivity contribution in [2.45, 2.75) is 26.4 Å². The topological polar surface area (TPSA) is 235 Å². The summed E-state index contributed by atoms with van der Waals surface area (Å²) in [6, 6.07) is 22.1. The molecule has 0 atom stereocenters. The Morgan fingerprint density at radius 3 is 2.02 bits per heavy atom. The lowest BCUT2D eigenvalue weighted by molar-refractivity contribution is 0.0636. The van der Waals surface area contributed by atoms with Gasteiger partial charge in [0, 0.05) is 27.2 Å². The molecule has 0 aliphatic heterocycles. The highest BCUT2D eigenvalue weighted by atomic mass is 16.6. The van der Waals surface area contributed by atoms with Gasteiger partial charge in [0.2, 0.25) is 11.8 Å². The molecule has 4 aromatic carbocycles. The van der Waals surface area contributed by atoms with E-state index in [1.165, 1.54) is 12.7 Å². The van der Waals surface area contributed by atoms with Gasteiger partial charge in [-0.1, -0.05) is 48.5 Å². The number of carbonyl (C=O) groups excluding carboxylic acids is 1. The van der Waals surface area contributed by atoms with Crippen molar-refractivity contribution in [1.82, 2.24) is 29.9 Å². The molecule has 0 fully saturated rings. The maximum Gasteiger partial charge on any atom is 0.412 e. The summed E-state index contributed by atoms with van der Waals surface area (Å²) in [6.45, 7) is 5.42. The maximum absolute atomic E-state index is 12.1. The number of ether oxygens (including phenoxy) is 3. The zero-order valence-electron chi connectivity index (χ0n) is 26.6. The predicted molar refractivity (Wildman–Crippen MR) is 188 cm³/mol. The smallest absolute Gasteiger partial charge is 0.412 e. The number of nitrogens with two attached hydrogens (primary N) is 3. The summed E-state index contributed by atoms with van der Waals surface area (Å²) in [5, 5.41) is 6.08. The van der Waals surface area contributed by atoms with Crippen LogP contribution in [0.5, 0.6) is 23.3 Å². The van der Waals surface area contributed by atoms with Crippen LogP contribution in [0.3, 0.4) is 0 Å². The van der Waals surface area contributed by atoms with Crippen LogP contribution in [0.2, 0.25) is 0 Å². The molecule has 15 nitrogen and oxygen atoms in total. The van der Waals surface area contributed by atoms with Crippen LogP contribution in [0.1, 0.15) is 20.8 Å². The molecule has 1 amide bonds. The third-order valence-corrected chi connectivity index (χ3v) is 7.01. The lowest BCUT2D eigenvalue weighted by Gasteiger charge is -2.20. The number of hydrogen-bond donors (Lipinski definition) is 6. The standard InChI is InChI=1S/C19H21N5O3.C15H11N5O2/c1-19(2,3)27-18(25)24-13-8-9-14(12-7-5-4-6-11(12)13)26-17-15(20)16(21)22-10-23-17;16-10-5-6-11(9-4-2-1-3-8(9)10)22-14-12-13(17-7-18-14)20-15(21)19-12/h4-10H,20H2,1-3H3,(H,24,25)(H2,21,22,23);1-7H,16H2,(H2,17,18,19,20,21). The Bertz CT molecular complexity index is 2380. The molecule has 9 N–H and O–H groups in total. The van der Waals surface area contributed by atoms with E-state index in [2.05, 4.69) is 35.2 Å². The number of nitrogens with one attached hydrogen (secondary N) is 3. The van der Waals surface area contributed by atoms with E-state index >= 15 is 0 Å². The normalized spacial score (nSPS) is 11.2. The van der Waals surface area contributed by atoms with Gasteiger partial charge < -0.3 is 31.4 Å². The molecule has 0 saturated carbocycles. The second-order valence-electron chi connectivity index (χ2n) is 11.6. The van der Waals surface area contributed by atoms with Gasteiger partial charge in [-0.2, -0.15) is 9.97 Å². The molecule has 3 aromatic heterocycles. The molecule has 15 heteroatoms. The molecule has 7 rings (SSSR count). The zero-order valence-corrected chi connectivity index (χ0v) is 26.6. The highest BCUT2D eigenvalue weighted by molar-refractivity contribution is 6.03. The number of fused-ring (bicyclic) bond motifs is 3. The quantitative estimate of drug-likeness (QED) is 0.115. The average Bonchev–Trinajstić information content (AvgIpc) is 3.46. The highest BCUT2D eigenvalue weighted by Crippen LogP contribution is 2.36. The molecule has 0 unspecified atom stereocenters. The van der Waals surface area contributed by atoms with E-state index in [4.69, 9.17) is 31.4 Å². The molecule has 0 saturated heterocycles. The summed E-state index contributed by atoms with van der Waals surface area (Å²) < 4.78 is 17.0. The van der Waals surface area contributed by atoms with Crippen molar-refractivity contribution in [3.63, 3.8) is 0 Å². The van der Waals surface area contributed by atoms with E-state index in [0.29, 0.717) is 34.0 Å². The van der Waals surface area contributed by atoms with Crippen molar-refractivity contribution in [2.24, 2.45) is 0 Å². The molecule has 7 aromatic rings. The van der Waals surface area contributed by atoms with Gasteiger partial charge in [0.05, 0.1) is 5.69 Å². The van der Waals surface area contributed by atoms with Crippen molar-refractivity contribution < 1.29 is 19.0 Å². The Hall–Kier alpha value is -6.90. The van der Waals surface area contributed by atoms with Crippen LogP contribution < -0.4 is 37.7 Å². The second-order valence-corrected chi connectivity index (χ2v) is 11.6. The third kappa shape index (κ3) is 7.10. The number of benzene rings is 4. The Labute approximate surface area is 278 Å². The van der Waals surface area contributed by atoms with Crippen molar-refractivity contribution >= 4 is 61.7 Å². The number of aromatic nitrogens is 6. The molecule has 0 aliphatic rings. The number of anilines is 4. The van der Waals surface area contributed by atoms with E-state index in [1.807, 2.05) is 48.5 Å². The Balaban J connectivity index is 0.000000173. The van der Waals surface area contributed by atoms with Crippen LogP contribution in [0.15, 0.2) is 90.2 Å². The summed E-state index contributed by atoms with van der Waals surface area (Å²) in [4.78, 5) is 44.6. The van der Waals surface area contributed by atoms with E-state index in [0.717, 1.165) is 21.5 Å². The monoisotopic (exact) mass is 660 g/mol. The lowest BCUT2D eigenvalue weighted by Crippen LogP contribution is -2.27. The Morgan fingerprint density at radius 1 is 0.714 bits per heavy atom. The van der Waals surface area contributed by atoms with Crippen LogP contribution in [0.4, 0.5) is 27.7 Å². The second kappa shape index (κ2) is 13.1. The van der Waals surface area contributed by atoms with Crippen LogP contribution in [0.25, 0.3) is 32.7 Å². The van der Waals surface area contributed by atoms with Gasteiger partial charge in [0.1, 0.15) is 41.0 Å². The van der Waals surface area contributed by atoms with Gasteiger partial charge in [-0.3, -0.25) is 15.3 Å². The fraction of sp³-hybridized carbons (Fsp3) is 0.118. The zero-order chi connectivity index (χ0) is 34.7. The molecular formula is C34H32N10O5. The first-order chi connectivity index (χ1) is 23.5.